The van der Waals surface area contributed by atoms with Crippen molar-refractivity contribution in [2.75, 3.05) is 6.61 Å². The monoisotopic (exact) mass is 496 g/mol. The maximum atomic E-state index is 12.7. The standard InChI is InChI=1S/C29H40N2O5/c1-6-7-8-9-10-11-12-22-17(2)19(4)27(20(5)18(22)3)24-13-21-15-31(29(34)30-28(21)36-24)26-14-23(33)25(16-32)35-26/h13,15,23,25-26,32-33H,6-12,14,16H2,1-5H3. The van der Waals surface area contributed by atoms with Gasteiger partial charge in [-0.25, -0.2) is 4.79 Å². The lowest BCUT2D eigenvalue weighted by atomic mass is 9.86. The molecule has 196 valence electrons. The maximum Gasteiger partial charge on any atom is 0.353 e. The Balaban J connectivity index is 1.63. The highest BCUT2D eigenvalue weighted by molar-refractivity contribution is 5.82. The largest absolute Gasteiger partial charge is 0.437 e. The molecule has 3 heterocycles. The van der Waals surface area contributed by atoms with Crippen LogP contribution in [0.3, 0.4) is 0 Å². The van der Waals surface area contributed by atoms with Gasteiger partial charge in [-0.2, -0.15) is 4.98 Å². The minimum atomic E-state index is -0.825. The van der Waals surface area contributed by atoms with Gasteiger partial charge in [0.15, 0.2) is 0 Å². The van der Waals surface area contributed by atoms with E-state index in [1.54, 1.807) is 6.20 Å². The van der Waals surface area contributed by atoms with Gasteiger partial charge >= 0.3 is 5.69 Å². The summed E-state index contributed by atoms with van der Waals surface area (Å²) >= 11 is 0. The summed E-state index contributed by atoms with van der Waals surface area (Å²) in [4.78, 5) is 16.9. The molecule has 0 bridgehead atoms. The second kappa shape index (κ2) is 11.3. The first-order valence-electron chi connectivity index (χ1n) is 13.3. The third kappa shape index (κ3) is 5.15. The Morgan fingerprint density at radius 3 is 2.33 bits per heavy atom. The molecule has 0 radical (unpaired) electrons. The van der Waals surface area contributed by atoms with Crippen molar-refractivity contribution < 1.29 is 19.4 Å². The number of aliphatic hydroxyl groups excluding tert-OH is 2. The third-order valence-corrected chi connectivity index (χ3v) is 7.94. The lowest BCUT2D eigenvalue weighted by molar-refractivity contribution is -0.0457. The van der Waals surface area contributed by atoms with Crippen LogP contribution in [0.2, 0.25) is 0 Å². The molecule has 1 aliphatic heterocycles. The molecule has 2 aromatic heterocycles. The maximum absolute atomic E-state index is 12.7. The Kier molecular flexibility index (Phi) is 8.33. The molecular weight excluding hydrogens is 456 g/mol. The number of furan rings is 1. The summed E-state index contributed by atoms with van der Waals surface area (Å²) in [5.41, 5.74) is 7.28. The molecule has 36 heavy (non-hydrogen) atoms. The van der Waals surface area contributed by atoms with Gasteiger partial charge in [-0.3, -0.25) is 4.57 Å². The summed E-state index contributed by atoms with van der Waals surface area (Å²) in [6.45, 7) is 10.6. The molecule has 0 aliphatic carbocycles. The van der Waals surface area contributed by atoms with Crippen molar-refractivity contribution in [2.24, 2.45) is 0 Å². The summed E-state index contributed by atoms with van der Waals surface area (Å²) in [5.74, 6) is 0.697. The Bertz CT molecular complexity index is 1250. The lowest BCUT2D eigenvalue weighted by Crippen LogP contribution is -2.27. The van der Waals surface area contributed by atoms with Crippen LogP contribution in [0.25, 0.3) is 22.4 Å². The van der Waals surface area contributed by atoms with E-state index in [2.05, 4.69) is 39.6 Å². The molecule has 1 fully saturated rings. The van der Waals surface area contributed by atoms with Crippen molar-refractivity contribution in [3.63, 3.8) is 0 Å². The molecule has 0 saturated carbocycles. The first-order valence-corrected chi connectivity index (χ1v) is 13.3. The molecule has 3 aromatic rings. The summed E-state index contributed by atoms with van der Waals surface area (Å²) in [6, 6.07) is 1.93. The third-order valence-electron chi connectivity index (χ3n) is 7.94. The number of benzene rings is 1. The van der Waals surface area contributed by atoms with Crippen LogP contribution in [0.5, 0.6) is 0 Å². The first-order chi connectivity index (χ1) is 17.3. The van der Waals surface area contributed by atoms with Crippen LogP contribution >= 0.6 is 0 Å². The van der Waals surface area contributed by atoms with Crippen molar-refractivity contribution in [1.82, 2.24) is 9.55 Å². The van der Waals surface area contributed by atoms with Gasteiger partial charge in [0.05, 0.1) is 18.1 Å². The molecule has 3 unspecified atom stereocenters. The quantitative estimate of drug-likeness (QED) is 0.363. The fourth-order valence-corrected chi connectivity index (χ4v) is 5.52. The van der Waals surface area contributed by atoms with E-state index in [0.29, 0.717) is 11.1 Å². The predicted octanol–water partition coefficient (Wildman–Crippen LogP) is 5.43. The summed E-state index contributed by atoms with van der Waals surface area (Å²) in [5, 5.41) is 20.1. The number of ether oxygens (including phenoxy) is 1. The van der Waals surface area contributed by atoms with Gasteiger partial charge in [0, 0.05) is 18.2 Å². The number of nitrogens with zero attached hydrogens (tertiary/aromatic N) is 2. The van der Waals surface area contributed by atoms with E-state index >= 15 is 0 Å². The van der Waals surface area contributed by atoms with E-state index in [9.17, 15) is 15.0 Å². The molecule has 0 amide bonds. The van der Waals surface area contributed by atoms with Crippen molar-refractivity contribution >= 4 is 11.1 Å². The average Bonchev–Trinajstić information content (AvgIpc) is 3.43. The van der Waals surface area contributed by atoms with Crippen LogP contribution in [0, 0.1) is 27.7 Å². The zero-order valence-corrected chi connectivity index (χ0v) is 22.3. The van der Waals surface area contributed by atoms with Gasteiger partial charge in [-0.15, -0.1) is 0 Å². The second-order valence-corrected chi connectivity index (χ2v) is 10.3. The number of hydrogen-bond acceptors (Lipinski definition) is 6. The fraction of sp³-hybridized carbons (Fsp3) is 0.586. The SMILES string of the molecule is CCCCCCCCc1c(C)c(C)c(-c2cc3cn(C4CC(O)C(CO)O4)c(=O)nc3o2)c(C)c1C. The van der Waals surface area contributed by atoms with Crippen LogP contribution in [0.1, 0.15) is 85.9 Å². The summed E-state index contributed by atoms with van der Waals surface area (Å²) < 4.78 is 13.1. The summed E-state index contributed by atoms with van der Waals surface area (Å²) in [6.07, 6.45) is 8.49. The average molecular weight is 497 g/mol. The van der Waals surface area contributed by atoms with Crippen LogP contribution < -0.4 is 5.69 Å². The molecule has 1 aliphatic rings. The highest BCUT2D eigenvalue weighted by Crippen LogP contribution is 2.37. The number of aromatic nitrogens is 2. The van der Waals surface area contributed by atoms with Gasteiger partial charge in [-0.1, -0.05) is 39.0 Å². The predicted molar refractivity (Wildman–Crippen MR) is 141 cm³/mol. The minimum absolute atomic E-state index is 0.222. The summed E-state index contributed by atoms with van der Waals surface area (Å²) in [7, 11) is 0. The number of hydrogen-bond donors (Lipinski definition) is 2. The fourth-order valence-electron chi connectivity index (χ4n) is 5.52. The highest BCUT2D eigenvalue weighted by Gasteiger charge is 2.35. The van der Waals surface area contributed by atoms with E-state index in [1.165, 1.54) is 70.9 Å². The van der Waals surface area contributed by atoms with Gasteiger partial charge < -0.3 is 19.4 Å². The Hall–Kier alpha value is -2.48. The topological polar surface area (TPSA) is 97.7 Å². The van der Waals surface area contributed by atoms with Crippen molar-refractivity contribution in [1.29, 1.82) is 0 Å². The minimum Gasteiger partial charge on any atom is -0.437 e. The van der Waals surface area contributed by atoms with E-state index in [4.69, 9.17) is 9.15 Å². The molecule has 7 heteroatoms. The smallest absolute Gasteiger partial charge is 0.353 e. The molecule has 4 rings (SSSR count). The van der Waals surface area contributed by atoms with Gasteiger partial charge in [0.2, 0.25) is 5.71 Å². The van der Waals surface area contributed by atoms with Crippen LogP contribution in [-0.4, -0.2) is 38.6 Å². The van der Waals surface area contributed by atoms with Crippen molar-refractivity contribution in [3.05, 3.63) is 50.6 Å². The molecule has 0 spiro atoms. The molecule has 3 atom stereocenters. The van der Waals surface area contributed by atoms with Gasteiger partial charge in [-0.05, 0) is 74.4 Å². The van der Waals surface area contributed by atoms with Crippen LogP contribution in [-0.2, 0) is 11.2 Å². The van der Waals surface area contributed by atoms with Crippen LogP contribution in [0.4, 0.5) is 0 Å². The second-order valence-electron chi connectivity index (χ2n) is 10.3. The zero-order valence-electron chi connectivity index (χ0n) is 22.3. The van der Waals surface area contributed by atoms with Crippen molar-refractivity contribution in [3.8, 4) is 11.3 Å². The molecule has 1 aromatic carbocycles. The normalized spacial score (nSPS) is 20.0. The Morgan fingerprint density at radius 1 is 1.03 bits per heavy atom. The Morgan fingerprint density at radius 2 is 1.69 bits per heavy atom. The highest BCUT2D eigenvalue weighted by atomic mass is 16.5. The zero-order chi connectivity index (χ0) is 26.0. The number of fused-ring (bicyclic) bond motifs is 1. The Labute approximate surface area is 213 Å². The number of aliphatic hydroxyl groups is 2. The van der Waals surface area contributed by atoms with Gasteiger partial charge in [0.1, 0.15) is 18.1 Å². The molecule has 2 N–H and O–H groups in total. The lowest BCUT2D eigenvalue weighted by Gasteiger charge is -2.19. The van der Waals surface area contributed by atoms with E-state index in [-0.39, 0.29) is 18.7 Å². The van der Waals surface area contributed by atoms with Gasteiger partial charge in [0.25, 0.3) is 0 Å². The van der Waals surface area contributed by atoms with E-state index in [1.807, 2.05) is 6.07 Å². The van der Waals surface area contributed by atoms with E-state index < -0.39 is 24.1 Å². The molecule has 1 saturated heterocycles. The number of unbranched alkanes of at least 4 members (excludes halogenated alkanes) is 5. The van der Waals surface area contributed by atoms with Crippen molar-refractivity contribution in [2.45, 2.75) is 104 Å². The number of rotatable bonds is 10. The molecular formula is C29H40N2O5. The molecule has 7 nitrogen and oxygen atoms in total. The van der Waals surface area contributed by atoms with Crippen LogP contribution in [0.15, 0.2) is 21.5 Å². The van der Waals surface area contributed by atoms with E-state index in [0.717, 1.165) is 12.0 Å². The first kappa shape index (κ1) is 26.6.